The molecule has 0 aliphatic heterocycles. The van der Waals surface area contributed by atoms with Gasteiger partial charge in [-0.25, -0.2) is 0 Å². The molecule has 0 amide bonds. The number of unbranched alkanes of at least 4 members (excludes halogenated alkanes) is 21. The first-order chi connectivity index (χ1) is 37.0. The lowest BCUT2D eigenvalue weighted by molar-refractivity contribution is -0.167. The average molecular weight is 1040 g/mol. The van der Waals surface area contributed by atoms with Crippen LogP contribution in [0.3, 0.4) is 0 Å². The zero-order valence-electron chi connectivity index (χ0n) is 48.5. The van der Waals surface area contributed by atoms with Gasteiger partial charge >= 0.3 is 17.9 Å². The van der Waals surface area contributed by atoms with Gasteiger partial charge in [0, 0.05) is 19.3 Å². The summed E-state index contributed by atoms with van der Waals surface area (Å²) in [5.41, 5.74) is 0. The van der Waals surface area contributed by atoms with E-state index in [4.69, 9.17) is 14.2 Å². The fraction of sp³-hybridized carbons (Fsp3) is 0.638. The molecule has 1 unspecified atom stereocenters. The zero-order chi connectivity index (χ0) is 54.3. The molecule has 0 N–H and O–H groups in total. The van der Waals surface area contributed by atoms with Crippen LogP contribution in [-0.2, 0) is 28.6 Å². The molecule has 6 nitrogen and oxygen atoms in total. The van der Waals surface area contributed by atoms with Crippen LogP contribution in [0, 0.1) is 0 Å². The Labute approximate surface area is 462 Å². The molecule has 0 spiro atoms. The lowest BCUT2D eigenvalue weighted by Gasteiger charge is -2.18. The van der Waals surface area contributed by atoms with E-state index in [9.17, 15) is 14.4 Å². The van der Waals surface area contributed by atoms with Gasteiger partial charge in [0.2, 0.25) is 0 Å². The van der Waals surface area contributed by atoms with Gasteiger partial charge in [-0.1, -0.05) is 251 Å². The minimum atomic E-state index is -0.800. The van der Waals surface area contributed by atoms with Crippen molar-refractivity contribution >= 4 is 17.9 Å². The van der Waals surface area contributed by atoms with E-state index in [0.717, 1.165) is 161 Å². The molecule has 0 saturated heterocycles. The van der Waals surface area contributed by atoms with E-state index in [1.807, 2.05) is 0 Å². The van der Waals surface area contributed by atoms with Crippen LogP contribution in [0.25, 0.3) is 0 Å². The third-order valence-electron chi connectivity index (χ3n) is 12.6. The summed E-state index contributed by atoms with van der Waals surface area (Å²) in [5, 5.41) is 0. The SMILES string of the molecule is CC/C=C\C/C=C\C/C=C\C/C=C\C/C=C\CCCCCCCCCCCC(=O)OCC(COC(=O)CCCCCCC/C=C\CCCC)OC(=O)CCCCCCC/C=C\C/C=C\C/C=C\C/C=C\C/C=C\CC. The van der Waals surface area contributed by atoms with Crippen molar-refractivity contribution in [2.45, 2.75) is 271 Å². The van der Waals surface area contributed by atoms with Crippen LogP contribution >= 0.6 is 0 Å². The van der Waals surface area contributed by atoms with Crippen molar-refractivity contribution in [2.75, 3.05) is 13.2 Å². The molecular weight excluding hydrogens is 925 g/mol. The van der Waals surface area contributed by atoms with E-state index in [2.05, 4.69) is 154 Å². The monoisotopic (exact) mass is 1040 g/mol. The maximum Gasteiger partial charge on any atom is 0.306 e. The first-order valence-electron chi connectivity index (χ1n) is 30.7. The van der Waals surface area contributed by atoms with Crippen molar-refractivity contribution in [3.05, 3.63) is 134 Å². The molecular formula is C69H112O6. The van der Waals surface area contributed by atoms with Gasteiger partial charge in [0.05, 0.1) is 0 Å². The van der Waals surface area contributed by atoms with Crippen molar-refractivity contribution < 1.29 is 28.6 Å². The lowest BCUT2D eigenvalue weighted by atomic mass is 10.1. The smallest absolute Gasteiger partial charge is 0.306 e. The Morgan fingerprint density at radius 2 is 0.520 bits per heavy atom. The Bertz CT molecular complexity index is 1620. The molecule has 0 bridgehead atoms. The first-order valence-corrected chi connectivity index (χ1v) is 30.7. The molecule has 0 aromatic rings. The lowest BCUT2D eigenvalue weighted by Crippen LogP contribution is -2.30. The molecule has 0 aromatic carbocycles. The second kappa shape index (κ2) is 62.1. The summed E-state index contributed by atoms with van der Waals surface area (Å²) in [4.78, 5) is 38.2. The number of rotatable bonds is 54. The predicted octanol–water partition coefficient (Wildman–Crippen LogP) is 21.0. The van der Waals surface area contributed by atoms with Crippen molar-refractivity contribution in [3.63, 3.8) is 0 Å². The topological polar surface area (TPSA) is 78.9 Å². The molecule has 0 aliphatic carbocycles. The van der Waals surface area contributed by atoms with Gasteiger partial charge in [0.15, 0.2) is 6.10 Å². The van der Waals surface area contributed by atoms with Gasteiger partial charge in [-0.2, -0.15) is 0 Å². The highest BCUT2D eigenvalue weighted by Crippen LogP contribution is 2.15. The van der Waals surface area contributed by atoms with E-state index in [1.54, 1.807) is 0 Å². The molecule has 0 fully saturated rings. The number of hydrogen-bond donors (Lipinski definition) is 0. The van der Waals surface area contributed by atoms with Gasteiger partial charge in [-0.05, 0) is 128 Å². The third kappa shape index (κ3) is 60.3. The Balaban J connectivity index is 4.37. The largest absolute Gasteiger partial charge is 0.462 e. The maximum absolute atomic E-state index is 12.9. The van der Waals surface area contributed by atoms with E-state index < -0.39 is 6.10 Å². The van der Waals surface area contributed by atoms with Crippen molar-refractivity contribution in [1.29, 1.82) is 0 Å². The van der Waals surface area contributed by atoms with Crippen molar-refractivity contribution in [2.24, 2.45) is 0 Å². The highest BCUT2D eigenvalue weighted by molar-refractivity contribution is 5.71. The van der Waals surface area contributed by atoms with Crippen LogP contribution in [0.4, 0.5) is 0 Å². The summed E-state index contributed by atoms with van der Waals surface area (Å²) in [6.45, 7) is 6.35. The van der Waals surface area contributed by atoms with Gasteiger partial charge < -0.3 is 14.2 Å². The Kier molecular flexibility index (Phi) is 58.4. The fourth-order valence-corrected chi connectivity index (χ4v) is 8.06. The first kappa shape index (κ1) is 70.5. The molecule has 1 atom stereocenters. The quantitative estimate of drug-likeness (QED) is 0.0261. The van der Waals surface area contributed by atoms with E-state index in [1.165, 1.54) is 64.2 Å². The normalized spacial score (nSPS) is 13.1. The van der Waals surface area contributed by atoms with Crippen LogP contribution < -0.4 is 0 Å². The average Bonchev–Trinajstić information content (AvgIpc) is 3.41. The molecule has 0 aromatic heterocycles. The molecule has 0 radical (unpaired) electrons. The summed E-state index contributed by atoms with van der Waals surface area (Å²) < 4.78 is 16.9. The number of allylic oxidation sites excluding steroid dienone is 22. The minimum Gasteiger partial charge on any atom is -0.462 e. The summed E-state index contributed by atoms with van der Waals surface area (Å²) in [6.07, 6.45) is 87.3. The fourth-order valence-electron chi connectivity index (χ4n) is 8.06. The molecule has 0 rings (SSSR count). The second-order valence-electron chi connectivity index (χ2n) is 19.8. The molecule has 0 aliphatic rings. The summed E-state index contributed by atoms with van der Waals surface area (Å²) in [6, 6.07) is 0. The van der Waals surface area contributed by atoms with E-state index >= 15 is 0 Å². The Hall–Kier alpha value is -4.45. The number of hydrogen-bond acceptors (Lipinski definition) is 6. The highest BCUT2D eigenvalue weighted by Gasteiger charge is 2.19. The number of carbonyl (C=O) groups is 3. The summed E-state index contributed by atoms with van der Waals surface area (Å²) in [7, 11) is 0. The van der Waals surface area contributed by atoms with Gasteiger partial charge in [-0.3, -0.25) is 14.4 Å². The molecule has 6 heteroatoms. The zero-order valence-corrected chi connectivity index (χ0v) is 48.5. The Morgan fingerprint density at radius 1 is 0.280 bits per heavy atom. The van der Waals surface area contributed by atoms with Crippen LogP contribution in [0.5, 0.6) is 0 Å². The summed E-state index contributed by atoms with van der Waals surface area (Å²) >= 11 is 0. The standard InChI is InChI=1S/C69H112O6/c1-4-7-10-13-16-19-22-24-26-28-30-32-33-34-35-37-38-40-42-44-47-50-53-56-59-62-68(71)74-65-66(64-73-67(70)61-58-55-52-49-46-21-18-15-12-9-6-3)75-69(72)63-60-57-54-51-48-45-43-41-39-36-31-29-27-25-23-20-17-14-11-8-5-2/h7-8,10-11,15-20,24-27,30-32,34-36,41,43,66H,4-6,9,12-14,21-23,28-29,33,37-40,42,44-65H2,1-3H3/b10-7-,11-8-,18-15-,19-16-,20-17-,26-24-,27-25-,32-30-,35-34-,36-31-,43-41-. The van der Waals surface area contributed by atoms with Gasteiger partial charge in [0.25, 0.3) is 0 Å². The van der Waals surface area contributed by atoms with E-state index in [0.29, 0.717) is 19.3 Å². The maximum atomic E-state index is 12.9. The predicted molar refractivity (Wildman–Crippen MR) is 325 cm³/mol. The second-order valence-corrected chi connectivity index (χ2v) is 19.8. The van der Waals surface area contributed by atoms with E-state index in [-0.39, 0.29) is 31.1 Å². The third-order valence-corrected chi connectivity index (χ3v) is 12.6. The van der Waals surface area contributed by atoms with Crippen molar-refractivity contribution in [1.82, 2.24) is 0 Å². The Morgan fingerprint density at radius 3 is 0.827 bits per heavy atom. The van der Waals surface area contributed by atoms with Crippen molar-refractivity contribution in [3.8, 4) is 0 Å². The number of carbonyl (C=O) groups excluding carboxylic acids is 3. The van der Waals surface area contributed by atoms with Crippen LogP contribution in [0.15, 0.2) is 134 Å². The van der Waals surface area contributed by atoms with Crippen LogP contribution in [0.1, 0.15) is 265 Å². The molecule has 0 saturated carbocycles. The minimum absolute atomic E-state index is 0.0956. The molecule has 0 heterocycles. The van der Waals surface area contributed by atoms with Gasteiger partial charge in [0.1, 0.15) is 13.2 Å². The van der Waals surface area contributed by atoms with Crippen LogP contribution in [0.2, 0.25) is 0 Å². The highest BCUT2D eigenvalue weighted by atomic mass is 16.6. The number of esters is 3. The van der Waals surface area contributed by atoms with Crippen LogP contribution in [-0.4, -0.2) is 37.2 Å². The summed E-state index contributed by atoms with van der Waals surface area (Å²) in [5.74, 6) is -0.931. The number of ether oxygens (including phenoxy) is 3. The molecule has 75 heavy (non-hydrogen) atoms. The molecule has 424 valence electrons. The van der Waals surface area contributed by atoms with Gasteiger partial charge in [-0.15, -0.1) is 0 Å².